The first-order valence-corrected chi connectivity index (χ1v) is 11.3. The number of benzene rings is 1. The molecule has 0 aromatic heterocycles. The van der Waals surface area contributed by atoms with E-state index >= 15 is 0 Å². The molecule has 0 amide bonds. The van der Waals surface area contributed by atoms with E-state index in [2.05, 4.69) is 58.9 Å². The van der Waals surface area contributed by atoms with Crippen LogP contribution in [-0.2, 0) is 32.0 Å². The minimum atomic E-state index is -0.177. The van der Waals surface area contributed by atoms with Crippen molar-refractivity contribution in [2.75, 3.05) is 33.0 Å². The van der Waals surface area contributed by atoms with Crippen molar-refractivity contribution in [1.29, 1.82) is 0 Å². The molecule has 0 bridgehead atoms. The summed E-state index contributed by atoms with van der Waals surface area (Å²) in [4.78, 5) is 0. The molecule has 3 rings (SSSR count). The van der Waals surface area contributed by atoms with E-state index in [1.165, 1.54) is 17.5 Å². The van der Waals surface area contributed by atoms with Crippen LogP contribution >= 0.6 is 0 Å². The van der Waals surface area contributed by atoms with Gasteiger partial charge in [0, 0.05) is 17.3 Å². The van der Waals surface area contributed by atoms with Crippen molar-refractivity contribution in [2.24, 2.45) is 10.8 Å². The van der Waals surface area contributed by atoms with Crippen LogP contribution < -0.4 is 0 Å². The maximum atomic E-state index is 6.30. The van der Waals surface area contributed by atoms with E-state index < -0.39 is 0 Å². The van der Waals surface area contributed by atoms with Crippen LogP contribution in [0.25, 0.3) is 0 Å². The molecule has 0 aliphatic carbocycles. The number of rotatable bonds is 12. The Bertz CT molecular complexity index is 618. The van der Waals surface area contributed by atoms with Gasteiger partial charge in [0.15, 0.2) is 0 Å². The van der Waals surface area contributed by atoms with Crippen molar-refractivity contribution < 1.29 is 18.9 Å². The lowest BCUT2D eigenvalue weighted by Crippen LogP contribution is -2.47. The Hall–Kier alpha value is -0.940. The van der Waals surface area contributed by atoms with Crippen LogP contribution in [0.5, 0.6) is 0 Å². The van der Waals surface area contributed by atoms with Crippen molar-refractivity contribution in [3.63, 3.8) is 0 Å². The molecule has 4 nitrogen and oxygen atoms in total. The molecule has 0 N–H and O–H groups in total. The second-order valence-electron chi connectivity index (χ2n) is 10.1. The van der Waals surface area contributed by atoms with Crippen molar-refractivity contribution >= 4 is 0 Å². The van der Waals surface area contributed by atoms with Crippen LogP contribution in [0.1, 0.15) is 65.0 Å². The average molecular weight is 405 g/mol. The topological polar surface area (TPSA) is 36.9 Å². The highest BCUT2D eigenvalue weighted by Gasteiger charge is 2.39. The lowest BCUT2D eigenvalue weighted by Gasteiger charge is -2.42. The normalized spacial score (nSPS) is 21.3. The lowest BCUT2D eigenvalue weighted by molar-refractivity contribution is -0.174. The Kier molecular flexibility index (Phi) is 7.42. The van der Waals surface area contributed by atoms with Gasteiger partial charge in [0.1, 0.15) is 0 Å². The number of hydrogen-bond donors (Lipinski definition) is 0. The molecule has 0 saturated carbocycles. The van der Waals surface area contributed by atoms with Gasteiger partial charge >= 0.3 is 0 Å². The molecule has 29 heavy (non-hydrogen) atoms. The summed E-state index contributed by atoms with van der Waals surface area (Å²) in [7, 11) is 0. The van der Waals surface area contributed by atoms with Gasteiger partial charge in [-0.1, -0.05) is 38.1 Å². The summed E-state index contributed by atoms with van der Waals surface area (Å²) in [5.74, 6) is 0. The Morgan fingerprint density at radius 2 is 1.48 bits per heavy atom. The molecule has 2 aliphatic rings. The van der Waals surface area contributed by atoms with Gasteiger partial charge < -0.3 is 18.9 Å². The van der Waals surface area contributed by atoms with Crippen LogP contribution in [0.4, 0.5) is 0 Å². The Morgan fingerprint density at radius 3 is 1.97 bits per heavy atom. The molecule has 1 aromatic carbocycles. The third kappa shape index (κ3) is 6.04. The fraction of sp³-hybridized carbons (Fsp3) is 0.760. The summed E-state index contributed by atoms with van der Waals surface area (Å²) in [6.07, 6.45) is 4.52. The van der Waals surface area contributed by atoms with Crippen LogP contribution in [0.15, 0.2) is 24.3 Å². The van der Waals surface area contributed by atoms with Gasteiger partial charge in [-0.05, 0) is 51.2 Å². The Morgan fingerprint density at radius 1 is 0.931 bits per heavy atom. The zero-order valence-corrected chi connectivity index (χ0v) is 19.1. The first-order chi connectivity index (χ1) is 13.8. The highest BCUT2D eigenvalue weighted by molar-refractivity contribution is 5.23. The number of hydrogen-bond acceptors (Lipinski definition) is 4. The van der Waals surface area contributed by atoms with Crippen molar-refractivity contribution in [3.8, 4) is 0 Å². The molecule has 0 radical (unpaired) electrons. The zero-order valence-electron chi connectivity index (χ0n) is 19.1. The molecule has 2 saturated heterocycles. The highest BCUT2D eigenvalue weighted by atomic mass is 16.5. The maximum absolute atomic E-state index is 6.30. The lowest BCUT2D eigenvalue weighted by atomic mass is 9.78. The second kappa shape index (κ2) is 9.47. The van der Waals surface area contributed by atoms with E-state index in [1.54, 1.807) is 0 Å². The minimum absolute atomic E-state index is 0.177. The molecule has 1 aromatic rings. The summed E-state index contributed by atoms with van der Waals surface area (Å²) in [5, 5.41) is 0. The van der Waals surface area contributed by atoms with Gasteiger partial charge in [-0.15, -0.1) is 0 Å². The first-order valence-electron chi connectivity index (χ1n) is 11.3. The molecule has 164 valence electrons. The Balaban J connectivity index is 1.43. The average Bonchev–Trinajstić information content (AvgIpc) is 2.63. The minimum Gasteiger partial charge on any atom is -0.380 e. The maximum Gasteiger partial charge on any atom is 0.0720 e. The van der Waals surface area contributed by atoms with E-state index in [0.29, 0.717) is 12.0 Å². The van der Waals surface area contributed by atoms with Gasteiger partial charge in [-0.25, -0.2) is 0 Å². The largest absolute Gasteiger partial charge is 0.380 e. The molecular weight excluding hydrogens is 364 g/mol. The predicted molar refractivity (Wildman–Crippen MR) is 116 cm³/mol. The van der Waals surface area contributed by atoms with E-state index in [1.807, 2.05) is 0 Å². The highest BCUT2D eigenvalue weighted by Crippen LogP contribution is 2.37. The van der Waals surface area contributed by atoms with Crippen molar-refractivity contribution in [3.05, 3.63) is 35.4 Å². The third-order valence-corrected chi connectivity index (χ3v) is 6.81. The summed E-state index contributed by atoms with van der Waals surface area (Å²) in [5.41, 5.74) is 2.93. The quantitative estimate of drug-likeness (QED) is 0.481. The summed E-state index contributed by atoms with van der Waals surface area (Å²) in [6.45, 7) is 15.9. The van der Waals surface area contributed by atoms with E-state index in [4.69, 9.17) is 18.9 Å². The molecule has 2 heterocycles. The van der Waals surface area contributed by atoms with Gasteiger partial charge in [0.05, 0.1) is 51.3 Å². The van der Waals surface area contributed by atoms with E-state index in [-0.39, 0.29) is 17.1 Å². The molecule has 0 spiro atoms. The van der Waals surface area contributed by atoms with Crippen LogP contribution in [0.2, 0.25) is 0 Å². The second-order valence-corrected chi connectivity index (χ2v) is 10.1. The molecule has 2 fully saturated rings. The van der Waals surface area contributed by atoms with E-state index in [9.17, 15) is 0 Å². The third-order valence-electron chi connectivity index (χ3n) is 6.81. The molecule has 4 heteroatoms. The van der Waals surface area contributed by atoms with Crippen molar-refractivity contribution in [1.82, 2.24) is 0 Å². The van der Waals surface area contributed by atoms with Crippen LogP contribution in [0, 0.1) is 10.8 Å². The fourth-order valence-electron chi connectivity index (χ4n) is 4.19. The zero-order chi connectivity index (χ0) is 21.0. The monoisotopic (exact) mass is 404 g/mol. The van der Waals surface area contributed by atoms with Gasteiger partial charge in [0.2, 0.25) is 0 Å². The molecule has 1 atom stereocenters. The SMILES string of the molecule is CCC1(COC(C)(C)Cc2ccc(COC(C)CC3(CC)COC3)cc2)COC1. The standard InChI is InChI=1S/C25H40O4/c1-6-24(15-26-16-24)12-20(3)28-14-22-10-8-21(9-11-22)13-23(4,5)29-19-25(7-2)17-27-18-25/h8-11,20H,6-7,12-19H2,1-5H3. The summed E-state index contributed by atoms with van der Waals surface area (Å²) >= 11 is 0. The van der Waals surface area contributed by atoms with Crippen LogP contribution in [-0.4, -0.2) is 44.7 Å². The molecular formula is C25H40O4. The smallest absolute Gasteiger partial charge is 0.0720 e. The van der Waals surface area contributed by atoms with Crippen molar-refractivity contribution in [2.45, 2.75) is 78.6 Å². The Labute approximate surface area is 177 Å². The van der Waals surface area contributed by atoms with E-state index in [0.717, 1.165) is 52.3 Å². The van der Waals surface area contributed by atoms with Crippen LogP contribution in [0.3, 0.4) is 0 Å². The molecule has 2 aliphatic heterocycles. The number of ether oxygens (including phenoxy) is 4. The first kappa shape index (κ1) is 22.7. The predicted octanol–water partition coefficient (Wildman–Crippen LogP) is 5.17. The summed E-state index contributed by atoms with van der Waals surface area (Å²) < 4.78 is 23.3. The fourth-order valence-corrected chi connectivity index (χ4v) is 4.19. The van der Waals surface area contributed by atoms with Gasteiger partial charge in [-0.3, -0.25) is 0 Å². The summed E-state index contributed by atoms with van der Waals surface area (Å²) in [6, 6.07) is 8.80. The molecule has 1 unspecified atom stereocenters. The van der Waals surface area contributed by atoms with Gasteiger partial charge in [-0.2, -0.15) is 0 Å². The van der Waals surface area contributed by atoms with Gasteiger partial charge in [0.25, 0.3) is 0 Å².